The molecule has 2 heterocycles. The van der Waals surface area contributed by atoms with Crippen LogP contribution >= 0.6 is 11.6 Å². The number of hydrogen-bond donors (Lipinski definition) is 1. The van der Waals surface area contributed by atoms with Gasteiger partial charge in [0.25, 0.3) is 5.91 Å². The first-order chi connectivity index (χ1) is 13.6. The molecule has 1 N–H and O–H groups in total. The highest BCUT2D eigenvalue weighted by Gasteiger charge is 2.22. The number of pyridine rings is 1. The van der Waals surface area contributed by atoms with Crippen LogP contribution in [0.1, 0.15) is 30.8 Å². The molecule has 1 aromatic carbocycles. The molecule has 8 heteroatoms. The van der Waals surface area contributed by atoms with Crippen molar-refractivity contribution >= 4 is 17.5 Å². The maximum absolute atomic E-state index is 12.7. The summed E-state index contributed by atoms with van der Waals surface area (Å²) in [5.74, 6) is -0.288. The van der Waals surface area contributed by atoms with E-state index in [2.05, 4.69) is 20.6 Å². The van der Waals surface area contributed by atoms with Gasteiger partial charge in [0.15, 0.2) is 5.69 Å². The molecule has 0 atom stereocenters. The second-order valence-corrected chi connectivity index (χ2v) is 6.88. The van der Waals surface area contributed by atoms with Gasteiger partial charge in [-0.25, -0.2) is 4.68 Å². The van der Waals surface area contributed by atoms with Crippen molar-refractivity contribution in [2.75, 3.05) is 13.2 Å². The summed E-state index contributed by atoms with van der Waals surface area (Å²) in [7, 11) is 0. The molecule has 0 aliphatic carbocycles. The van der Waals surface area contributed by atoms with Crippen molar-refractivity contribution in [1.29, 1.82) is 0 Å². The number of nitrogens with zero attached hydrogens (tertiary/aromatic N) is 4. The van der Waals surface area contributed by atoms with Crippen LogP contribution in [-0.4, -0.2) is 45.1 Å². The minimum absolute atomic E-state index is 0.173. The van der Waals surface area contributed by atoms with Gasteiger partial charge < -0.3 is 10.1 Å². The highest BCUT2D eigenvalue weighted by Crippen LogP contribution is 2.25. The molecule has 0 radical (unpaired) electrons. The zero-order chi connectivity index (χ0) is 19.9. The summed E-state index contributed by atoms with van der Waals surface area (Å²) < 4.78 is 7.11. The van der Waals surface area contributed by atoms with Gasteiger partial charge >= 0.3 is 0 Å². The van der Waals surface area contributed by atoms with E-state index < -0.39 is 0 Å². The van der Waals surface area contributed by atoms with Gasteiger partial charge in [0.05, 0.1) is 11.8 Å². The fourth-order valence-corrected chi connectivity index (χ4v) is 2.76. The maximum atomic E-state index is 12.7. The predicted molar refractivity (Wildman–Crippen MR) is 108 cm³/mol. The number of hydrogen-bond acceptors (Lipinski definition) is 5. The van der Waals surface area contributed by atoms with E-state index in [-0.39, 0.29) is 17.7 Å². The number of nitrogens with one attached hydrogen (secondary N) is 1. The molecule has 0 aliphatic heterocycles. The van der Waals surface area contributed by atoms with E-state index in [0.717, 1.165) is 17.7 Å². The van der Waals surface area contributed by atoms with Gasteiger partial charge in [0.1, 0.15) is 5.69 Å². The number of carbonyl (C=O) groups excluding carboxylic acids is 1. The SMILES string of the molecule is CC(C)OCCCNC(=O)c1nnn(-c2ccc(Cl)cc2)c1-c1cccnc1. The summed E-state index contributed by atoms with van der Waals surface area (Å²) in [6.45, 7) is 5.04. The lowest BCUT2D eigenvalue weighted by Crippen LogP contribution is -2.26. The zero-order valence-corrected chi connectivity index (χ0v) is 16.6. The molecule has 0 aliphatic rings. The van der Waals surface area contributed by atoms with Crippen LogP contribution in [0.5, 0.6) is 0 Å². The van der Waals surface area contributed by atoms with Crippen LogP contribution < -0.4 is 5.32 Å². The normalized spacial score (nSPS) is 11.0. The Morgan fingerprint density at radius 2 is 2.04 bits per heavy atom. The van der Waals surface area contributed by atoms with E-state index in [9.17, 15) is 4.79 Å². The van der Waals surface area contributed by atoms with E-state index in [4.69, 9.17) is 16.3 Å². The number of carbonyl (C=O) groups is 1. The first kappa shape index (κ1) is 20.0. The van der Waals surface area contributed by atoms with Crippen molar-refractivity contribution in [3.8, 4) is 16.9 Å². The fourth-order valence-electron chi connectivity index (χ4n) is 2.64. The van der Waals surface area contributed by atoms with Crippen LogP contribution in [0.15, 0.2) is 48.8 Å². The molecule has 0 saturated heterocycles. The van der Waals surface area contributed by atoms with E-state index in [1.807, 2.05) is 32.0 Å². The number of amides is 1. The quantitative estimate of drug-likeness (QED) is 0.586. The number of aromatic nitrogens is 4. The predicted octanol–water partition coefficient (Wildman–Crippen LogP) is 3.53. The maximum Gasteiger partial charge on any atom is 0.274 e. The van der Waals surface area contributed by atoms with Crippen molar-refractivity contribution in [3.63, 3.8) is 0 Å². The minimum atomic E-state index is -0.288. The van der Waals surface area contributed by atoms with Crippen LogP contribution in [0.25, 0.3) is 16.9 Å². The van der Waals surface area contributed by atoms with E-state index in [1.165, 1.54) is 0 Å². The Bertz CT molecular complexity index is 910. The molecule has 1 amide bonds. The average Bonchev–Trinajstić information content (AvgIpc) is 3.14. The van der Waals surface area contributed by atoms with Crippen molar-refractivity contribution in [2.45, 2.75) is 26.4 Å². The second-order valence-electron chi connectivity index (χ2n) is 6.45. The molecule has 0 bridgehead atoms. The number of halogens is 1. The Hall–Kier alpha value is -2.77. The highest BCUT2D eigenvalue weighted by atomic mass is 35.5. The summed E-state index contributed by atoms with van der Waals surface area (Å²) >= 11 is 5.98. The summed E-state index contributed by atoms with van der Waals surface area (Å²) in [5.41, 5.74) is 2.31. The Kier molecular flexibility index (Phi) is 6.73. The van der Waals surface area contributed by atoms with Crippen LogP contribution in [0, 0.1) is 0 Å². The molecular weight excluding hydrogens is 378 g/mol. The third-order valence-electron chi connectivity index (χ3n) is 3.95. The first-order valence-corrected chi connectivity index (χ1v) is 9.46. The van der Waals surface area contributed by atoms with Crippen LogP contribution in [0.3, 0.4) is 0 Å². The van der Waals surface area contributed by atoms with E-state index in [0.29, 0.717) is 23.9 Å². The van der Waals surface area contributed by atoms with Gasteiger partial charge in [-0.3, -0.25) is 9.78 Å². The zero-order valence-electron chi connectivity index (χ0n) is 15.8. The molecule has 3 rings (SSSR count). The van der Waals surface area contributed by atoms with Crippen molar-refractivity contribution in [2.24, 2.45) is 0 Å². The molecule has 0 spiro atoms. The van der Waals surface area contributed by atoms with Crippen molar-refractivity contribution in [1.82, 2.24) is 25.3 Å². The van der Waals surface area contributed by atoms with Gasteiger partial charge in [-0.15, -0.1) is 5.10 Å². The van der Waals surface area contributed by atoms with Crippen molar-refractivity contribution in [3.05, 3.63) is 59.5 Å². The molecule has 7 nitrogen and oxygen atoms in total. The van der Waals surface area contributed by atoms with Crippen LogP contribution in [-0.2, 0) is 4.74 Å². The lowest BCUT2D eigenvalue weighted by Gasteiger charge is -2.09. The number of benzene rings is 1. The number of rotatable bonds is 8. The van der Waals surface area contributed by atoms with Gasteiger partial charge in [0.2, 0.25) is 0 Å². The standard InChI is InChI=1S/C20H22ClN5O2/c1-14(2)28-12-4-11-23-20(27)18-19(15-5-3-10-22-13-15)26(25-24-18)17-8-6-16(21)7-9-17/h3,5-10,13-14H,4,11-12H2,1-2H3,(H,23,27). The summed E-state index contributed by atoms with van der Waals surface area (Å²) in [6, 6.07) is 10.8. The Balaban J connectivity index is 1.85. The molecule has 28 heavy (non-hydrogen) atoms. The average molecular weight is 400 g/mol. The molecule has 0 fully saturated rings. The van der Waals surface area contributed by atoms with Crippen LogP contribution in [0.2, 0.25) is 5.02 Å². The second kappa shape index (κ2) is 9.43. The molecule has 3 aromatic rings. The Morgan fingerprint density at radius 1 is 1.25 bits per heavy atom. The summed E-state index contributed by atoms with van der Waals surface area (Å²) in [4.78, 5) is 16.9. The number of ether oxygens (including phenoxy) is 1. The molecular formula is C20H22ClN5O2. The van der Waals surface area contributed by atoms with Gasteiger partial charge in [-0.05, 0) is 56.7 Å². The Labute approximate surface area is 168 Å². The van der Waals surface area contributed by atoms with Crippen molar-refractivity contribution < 1.29 is 9.53 Å². The van der Waals surface area contributed by atoms with E-state index >= 15 is 0 Å². The third kappa shape index (κ3) is 4.94. The molecule has 0 unspecified atom stereocenters. The topological polar surface area (TPSA) is 81.9 Å². The third-order valence-corrected chi connectivity index (χ3v) is 4.20. The molecule has 146 valence electrons. The van der Waals surface area contributed by atoms with Gasteiger partial charge in [-0.1, -0.05) is 16.8 Å². The summed E-state index contributed by atoms with van der Waals surface area (Å²) in [5, 5.41) is 11.8. The minimum Gasteiger partial charge on any atom is -0.379 e. The smallest absolute Gasteiger partial charge is 0.274 e. The lowest BCUT2D eigenvalue weighted by molar-refractivity contribution is 0.0756. The monoisotopic (exact) mass is 399 g/mol. The summed E-state index contributed by atoms with van der Waals surface area (Å²) in [6.07, 6.45) is 4.25. The molecule has 2 aromatic heterocycles. The fraction of sp³-hybridized carbons (Fsp3) is 0.300. The van der Waals surface area contributed by atoms with Gasteiger partial charge in [-0.2, -0.15) is 0 Å². The van der Waals surface area contributed by atoms with Gasteiger partial charge in [0, 0.05) is 36.1 Å². The lowest BCUT2D eigenvalue weighted by atomic mass is 10.1. The Morgan fingerprint density at radius 3 is 2.71 bits per heavy atom. The first-order valence-electron chi connectivity index (χ1n) is 9.08. The highest BCUT2D eigenvalue weighted by molar-refractivity contribution is 6.30. The van der Waals surface area contributed by atoms with Crippen LogP contribution in [0.4, 0.5) is 0 Å². The largest absolute Gasteiger partial charge is 0.379 e. The molecule has 0 saturated carbocycles. The van der Waals surface area contributed by atoms with E-state index in [1.54, 1.807) is 35.3 Å².